The van der Waals surface area contributed by atoms with E-state index in [1.807, 2.05) is 0 Å². The lowest BCUT2D eigenvalue weighted by atomic mass is 10.1. The SMILES string of the molecule is CCCCCC/C(C)=C/C#CCCCCCCCC(=O)OC. The molecular formula is C20H34O2. The number of hydrogen-bond acceptors (Lipinski definition) is 2. The molecule has 0 unspecified atom stereocenters. The van der Waals surface area contributed by atoms with E-state index in [0.717, 1.165) is 25.7 Å². The Morgan fingerprint density at radius 1 is 0.955 bits per heavy atom. The van der Waals surface area contributed by atoms with E-state index in [4.69, 9.17) is 0 Å². The Morgan fingerprint density at radius 2 is 1.59 bits per heavy atom. The number of carbonyl (C=O) groups excluding carboxylic acids is 1. The maximum atomic E-state index is 10.9. The minimum absolute atomic E-state index is 0.0947. The molecule has 0 atom stereocenters. The van der Waals surface area contributed by atoms with Crippen molar-refractivity contribution in [2.45, 2.75) is 90.9 Å². The molecule has 0 aromatic carbocycles. The number of rotatable bonds is 12. The van der Waals surface area contributed by atoms with Gasteiger partial charge in [-0.2, -0.15) is 0 Å². The highest BCUT2D eigenvalue weighted by Crippen LogP contribution is 2.09. The first-order valence-corrected chi connectivity index (χ1v) is 8.91. The summed E-state index contributed by atoms with van der Waals surface area (Å²) in [5.41, 5.74) is 1.41. The van der Waals surface area contributed by atoms with Crippen LogP contribution in [0.15, 0.2) is 11.6 Å². The molecule has 0 spiro atoms. The van der Waals surface area contributed by atoms with E-state index >= 15 is 0 Å². The first-order valence-electron chi connectivity index (χ1n) is 8.91. The van der Waals surface area contributed by atoms with Crippen LogP contribution >= 0.6 is 0 Å². The fourth-order valence-electron chi connectivity index (χ4n) is 2.26. The zero-order valence-corrected chi connectivity index (χ0v) is 14.9. The number of ether oxygens (including phenoxy) is 1. The summed E-state index contributed by atoms with van der Waals surface area (Å²) < 4.78 is 4.62. The maximum Gasteiger partial charge on any atom is 0.305 e. The van der Waals surface area contributed by atoms with Gasteiger partial charge in [0.2, 0.25) is 0 Å². The average molecular weight is 306 g/mol. The van der Waals surface area contributed by atoms with Crippen LogP contribution in [0.25, 0.3) is 0 Å². The van der Waals surface area contributed by atoms with Gasteiger partial charge in [-0.05, 0) is 38.7 Å². The van der Waals surface area contributed by atoms with Crippen LogP contribution in [-0.4, -0.2) is 13.1 Å². The van der Waals surface area contributed by atoms with Gasteiger partial charge >= 0.3 is 5.97 Å². The Labute approximate surface area is 137 Å². The Hall–Kier alpha value is -1.23. The van der Waals surface area contributed by atoms with Crippen LogP contribution in [0.4, 0.5) is 0 Å². The summed E-state index contributed by atoms with van der Waals surface area (Å²) in [6.45, 7) is 4.43. The van der Waals surface area contributed by atoms with Crippen LogP contribution in [0, 0.1) is 11.8 Å². The number of hydrogen-bond donors (Lipinski definition) is 0. The number of carbonyl (C=O) groups is 1. The lowest BCUT2D eigenvalue weighted by molar-refractivity contribution is -0.140. The molecule has 0 N–H and O–H groups in total. The van der Waals surface area contributed by atoms with Crippen molar-refractivity contribution in [2.75, 3.05) is 7.11 Å². The number of allylic oxidation sites excluding steroid dienone is 2. The summed E-state index contributed by atoms with van der Waals surface area (Å²) in [6, 6.07) is 0. The van der Waals surface area contributed by atoms with Crippen molar-refractivity contribution in [3.8, 4) is 11.8 Å². The second-order valence-corrected chi connectivity index (χ2v) is 5.97. The Bertz CT molecular complexity index is 358. The van der Waals surface area contributed by atoms with Gasteiger partial charge in [-0.1, -0.05) is 62.9 Å². The van der Waals surface area contributed by atoms with E-state index in [1.165, 1.54) is 57.6 Å². The zero-order chi connectivity index (χ0) is 16.5. The summed E-state index contributed by atoms with van der Waals surface area (Å²) in [5, 5.41) is 0. The van der Waals surface area contributed by atoms with E-state index < -0.39 is 0 Å². The molecule has 126 valence electrons. The number of unbranched alkanes of at least 4 members (excludes halogenated alkanes) is 8. The maximum absolute atomic E-state index is 10.9. The molecule has 0 heterocycles. The molecule has 0 aromatic heterocycles. The second-order valence-electron chi connectivity index (χ2n) is 5.97. The second kappa shape index (κ2) is 16.1. The van der Waals surface area contributed by atoms with Crippen LogP contribution in [0.2, 0.25) is 0 Å². The predicted molar refractivity (Wildman–Crippen MR) is 94.6 cm³/mol. The molecule has 0 aliphatic rings. The molecule has 2 heteroatoms. The van der Waals surface area contributed by atoms with Crippen LogP contribution < -0.4 is 0 Å². The van der Waals surface area contributed by atoms with Crippen molar-refractivity contribution in [3.63, 3.8) is 0 Å². The minimum Gasteiger partial charge on any atom is -0.469 e. The largest absolute Gasteiger partial charge is 0.469 e. The van der Waals surface area contributed by atoms with Crippen LogP contribution in [-0.2, 0) is 9.53 Å². The fraction of sp³-hybridized carbons (Fsp3) is 0.750. The van der Waals surface area contributed by atoms with Gasteiger partial charge < -0.3 is 4.74 Å². The van der Waals surface area contributed by atoms with Crippen molar-refractivity contribution in [1.82, 2.24) is 0 Å². The molecule has 0 saturated carbocycles. The van der Waals surface area contributed by atoms with Gasteiger partial charge in [0.25, 0.3) is 0 Å². The Kier molecular flexibility index (Phi) is 15.2. The van der Waals surface area contributed by atoms with Gasteiger partial charge in [-0.15, -0.1) is 0 Å². The number of methoxy groups -OCH3 is 1. The highest BCUT2D eigenvalue weighted by molar-refractivity contribution is 5.68. The number of esters is 1. The van der Waals surface area contributed by atoms with Gasteiger partial charge in [0.15, 0.2) is 0 Å². The monoisotopic (exact) mass is 306 g/mol. The van der Waals surface area contributed by atoms with Crippen molar-refractivity contribution in [3.05, 3.63) is 11.6 Å². The molecule has 2 nitrogen and oxygen atoms in total. The topological polar surface area (TPSA) is 26.3 Å². The average Bonchev–Trinajstić information content (AvgIpc) is 2.53. The lowest BCUT2D eigenvalue weighted by Gasteiger charge is -1.99. The third-order valence-electron chi connectivity index (χ3n) is 3.76. The van der Waals surface area contributed by atoms with Crippen LogP contribution in [0.1, 0.15) is 90.9 Å². The molecular weight excluding hydrogens is 272 g/mol. The van der Waals surface area contributed by atoms with Gasteiger partial charge in [0.05, 0.1) is 7.11 Å². The molecule has 0 aliphatic heterocycles. The standard InChI is InChI=1S/C20H34O2/c1-4-5-6-13-16-19(2)17-14-11-9-7-8-10-12-15-18-20(21)22-3/h17H,4-10,12-13,15-16,18H2,1-3H3/b19-17+. The first kappa shape index (κ1) is 20.8. The quantitative estimate of drug-likeness (QED) is 0.258. The normalized spacial score (nSPS) is 11.0. The molecule has 0 aromatic rings. The molecule has 0 saturated heterocycles. The molecule has 0 aliphatic carbocycles. The van der Waals surface area contributed by atoms with Gasteiger partial charge in [0, 0.05) is 12.8 Å². The van der Waals surface area contributed by atoms with E-state index in [9.17, 15) is 4.79 Å². The van der Waals surface area contributed by atoms with Gasteiger partial charge in [-0.25, -0.2) is 0 Å². The van der Waals surface area contributed by atoms with Crippen molar-refractivity contribution in [2.24, 2.45) is 0 Å². The van der Waals surface area contributed by atoms with E-state index in [-0.39, 0.29) is 5.97 Å². The summed E-state index contributed by atoms with van der Waals surface area (Å²) in [5.74, 6) is 6.32. The summed E-state index contributed by atoms with van der Waals surface area (Å²) in [7, 11) is 1.45. The summed E-state index contributed by atoms with van der Waals surface area (Å²) in [4.78, 5) is 10.9. The van der Waals surface area contributed by atoms with Crippen LogP contribution in [0.5, 0.6) is 0 Å². The molecule has 0 bridgehead atoms. The third kappa shape index (κ3) is 15.2. The smallest absolute Gasteiger partial charge is 0.305 e. The minimum atomic E-state index is -0.0947. The van der Waals surface area contributed by atoms with Gasteiger partial charge in [0.1, 0.15) is 0 Å². The summed E-state index contributed by atoms with van der Waals surface area (Å²) in [6.07, 6.45) is 15.7. The third-order valence-corrected chi connectivity index (χ3v) is 3.76. The van der Waals surface area contributed by atoms with E-state index in [1.54, 1.807) is 0 Å². The highest BCUT2D eigenvalue weighted by Gasteiger charge is 1.98. The summed E-state index contributed by atoms with van der Waals surface area (Å²) >= 11 is 0. The van der Waals surface area contributed by atoms with Gasteiger partial charge in [-0.3, -0.25) is 4.79 Å². The van der Waals surface area contributed by atoms with Crippen molar-refractivity contribution < 1.29 is 9.53 Å². The molecule has 0 fully saturated rings. The highest BCUT2D eigenvalue weighted by atomic mass is 16.5. The van der Waals surface area contributed by atoms with Crippen LogP contribution in [0.3, 0.4) is 0 Å². The molecule has 0 rings (SSSR count). The Morgan fingerprint density at radius 3 is 2.32 bits per heavy atom. The molecule has 0 radical (unpaired) electrons. The van der Waals surface area contributed by atoms with E-state index in [0.29, 0.717) is 6.42 Å². The Balaban J connectivity index is 3.45. The van der Waals surface area contributed by atoms with Crippen molar-refractivity contribution in [1.29, 1.82) is 0 Å². The van der Waals surface area contributed by atoms with Crippen molar-refractivity contribution >= 4 is 5.97 Å². The first-order chi connectivity index (χ1) is 10.7. The lowest BCUT2D eigenvalue weighted by Crippen LogP contribution is -1.99. The zero-order valence-electron chi connectivity index (χ0n) is 14.9. The van der Waals surface area contributed by atoms with E-state index in [2.05, 4.69) is 36.5 Å². The molecule has 22 heavy (non-hydrogen) atoms. The molecule has 0 amide bonds. The fourth-order valence-corrected chi connectivity index (χ4v) is 2.26. The predicted octanol–water partition coefficient (Wildman–Crippen LogP) is 5.81.